The number of carbonyl (C=O) groups excluding carboxylic acids is 2. The van der Waals surface area contributed by atoms with Gasteiger partial charge in [-0.3, -0.25) is 19.5 Å². The van der Waals surface area contributed by atoms with Gasteiger partial charge in [-0.1, -0.05) is 6.92 Å². The molecule has 0 bridgehead atoms. The van der Waals surface area contributed by atoms with E-state index in [0.29, 0.717) is 17.4 Å². The third-order valence-corrected chi connectivity index (χ3v) is 4.01. The molecule has 1 aliphatic heterocycles. The molecule has 2 aliphatic rings. The Bertz CT molecular complexity index is 504. The minimum atomic E-state index is -0.121. The molecule has 0 radical (unpaired) electrons. The largest absolute Gasteiger partial charge is 0.382 e. The van der Waals surface area contributed by atoms with Gasteiger partial charge in [-0.15, -0.1) is 0 Å². The highest BCUT2D eigenvalue weighted by Crippen LogP contribution is 2.43. The van der Waals surface area contributed by atoms with Crippen LogP contribution < -0.4 is 5.73 Å². The van der Waals surface area contributed by atoms with Crippen molar-refractivity contribution in [2.45, 2.75) is 26.3 Å². The van der Waals surface area contributed by atoms with Crippen LogP contribution in [-0.4, -0.2) is 26.7 Å². The molecule has 3 rings (SSSR count). The molecular weight excluding hydrogens is 244 g/mol. The Morgan fingerprint density at radius 2 is 1.84 bits per heavy atom. The van der Waals surface area contributed by atoms with E-state index in [0.717, 1.165) is 12.8 Å². The molecular formula is C13H16N4O2. The van der Waals surface area contributed by atoms with Gasteiger partial charge in [-0.25, -0.2) is 4.98 Å². The number of hydrogen-bond donors (Lipinski definition) is 1. The van der Waals surface area contributed by atoms with E-state index < -0.39 is 0 Å². The molecule has 2 N–H and O–H groups in total. The lowest BCUT2D eigenvalue weighted by molar-refractivity contribution is -0.141. The van der Waals surface area contributed by atoms with Crippen LogP contribution in [0.1, 0.15) is 25.5 Å². The van der Waals surface area contributed by atoms with E-state index in [4.69, 9.17) is 5.73 Å². The number of aromatic nitrogens is 2. The Balaban J connectivity index is 1.78. The predicted molar refractivity (Wildman–Crippen MR) is 67.4 cm³/mol. The molecule has 1 saturated carbocycles. The molecule has 1 saturated heterocycles. The number of carbonyl (C=O) groups is 2. The van der Waals surface area contributed by atoms with Crippen LogP contribution in [0, 0.1) is 17.8 Å². The number of hydrogen-bond acceptors (Lipinski definition) is 5. The second-order valence-corrected chi connectivity index (χ2v) is 5.48. The SMILES string of the molecule is CC1CC2C(=O)N(Cc3cnc(N)cn3)C(=O)C2C1. The molecule has 2 atom stereocenters. The van der Waals surface area contributed by atoms with Crippen LogP contribution >= 0.6 is 0 Å². The molecule has 6 nitrogen and oxygen atoms in total. The zero-order valence-corrected chi connectivity index (χ0v) is 10.7. The second-order valence-electron chi connectivity index (χ2n) is 5.48. The summed E-state index contributed by atoms with van der Waals surface area (Å²) in [5.41, 5.74) is 6.05. The van der Waals surface area contributed by atoms with Crippen LogP contribution in [0.25, 0.3) is 0 Å². The van der Waals surface area contributed by atoms with Gasteiger partial charge in [0.25, 0.3) is 0 Å². The third-order valence-electron chi connectivity index (χ3n) is 4.01. The average molecular weight is 260 g/mol. The summed E-state index contributed by atoms with van der Waals surface area (Å²) < 4.78 is 0. The van der Waals surface area contributed by atoms with Crippen LogP contribution in [0.2, 0.25) is 0 Å². The maximum absolute atomic E-state index is 12.2. The van der Waals surface area contributed by atoms with Gasteiger partial charge in [-0.2, -0.15) is 0 Å². The summed E-state index contributed by atoms with van der Waals surface area (Å²) in [5.74, 6) is 0.430. The normalized spacial score (nSPS) is 29.9. The first-order valence-corrected chi connectivity index (χ1v) is 6.48. The average Bonchev–Trinajstić information content (AvgIpc) is 2.86. The predicted octanol–water partition coefficient (Wildman–Crippen LogP) is 0.590. The Labute approximate surface area is 111 Å². The summed E-state index contributed by atoms with van der Waals surface area (Å²) in [6.45, 7) is 2.29. The van der Waals surface area contributed by atoms with E-state index in [-0.39, 0.29) is 30.2 Å². The Kier molecular flexibility index (Phi) is 2.73. The van der Waals surface area contributed by atoms with Crippen molar-refractivity contribution in [2.75, 3.05) is 5.73 Å². The molecule has 1 aromatic heterocycles. The molecule has 1 aliphatic carbocycles. The van der Waals surface area contributed by atoms with Crippen LogP contribution in [0.15, 0.2) is 12.4 Å². The number of imide groups is 1. The highest BCUT2D eigenvalue weighted by atomic mass is 16.2. The molecule has 1 aromatic rings. The van der Waals surface area contributed by atoms with E-state index in [1.165, 1.54) is 17.3 Å². The first-order valence-electron chi connectivity index (χ1n) is 6.48. The smallest absolute Gasteiger partial charge is 0.233 e. The van der Waals surface area contributed by atoms with Crippen molar-refractivity contribution in [3.63, 3.8) is 0 Å². The van der Waals surface area contributed by atoms with Crippen LogP contribution in [0.5, 0.6) is 0 Å². The molecule has 100 valence electrons. The van der Waals surface area contributed by atoms with Crippen LogP contribution in [-0.2, 0) is 16.1 Å². The van der Waals surface area contributed by atoms with E-state index in [2.05, 4.69) is 16.9 Å². The zero-order chi connectivity index (χ0) is 13.6. The van der Waals surface area contributed by atoms with Gasteiger partial charge in [0, 0.05) is 0 Å². The maximum Gasteiger partial charge on any atom is 0.233 e. The van der Waals surface area contributed by atoms with E-state index in [1.807, 2.05) is 0 Å². The summed E-state index contributed by atoms with van der Waals surface area (Å²) >= 11 is 0. The summed E-state index contributed by atoms with van der Waals surface area (Å²) in [7, 11) is 0. The lowest BCUT2D eigenvalue weighted by atomic mass is 10.00. The number of nitrogens with two attached hydrogens (primary N) is 1. The lowest BCUT2D eigenvalue weighted by Gasteiger charge is -2.16. The molecule has 6 heteroatoms. The highest BCUT2D eigenvalue weighted by molar-refractivity contribution is 6.05. The standard InChI is InChI=1S/C13H16N4O2/c1-7-2-9-10(3-7)13(19)17(12(9)18)6-8-4-16-11(14)5-15-8/h4-5,7,9-10H,2-3,6H2,1H3,(H2,14,16). The van der Waals surface area contributed by atoms with Crippen LogP contribution in [0.4, 0.5) is 5.82 Å². The number of likely N-dealkylation sites (tertiary alicyclic amines) is 1. The van der Waals surface area contributed by atoms with Crippen molar-refractivity contribution in [1.29, 1.82) is 0 Å². The fourth-order valence-electron chi connectivity index (χ4n) is 3.11. The van der Waals surface area contributed by atoms with Crippen molar-refractivity contribution in [3.8, 4) is 0 Å². The second kappa shape index (κ2) is 4.29. The minimum absolute atomic E-state index is 0.0574. The Hall–Kier alpha value is -1.98. The number of fused-ring (bicyclic) bond motifs is 1. The number of amides is 2. The molecule has 0 aromatic carbocycles. The van der Waals surface area contributed by atoms with Crippen molar-refractivity contribution >= 4 is 17.6 Å². The topological polar surface area (TPSA) is 89.2 Å². The van der Waals surface area contributed by atoms with Gasteiger partial charge in [0.15, 0.2) is 0 Å². The van der Waals surface area contributed by atoms with Gasteiger partial charge >= 0.3 is 0 Å². The number of rotatable bonds is 2. The van der Waals surface area contributed by atoms with Gasteiger partial charge in [0.2, 0.25) is 11.8 Å². The highest BCUT2D eigenvalue weighted by Gasteiger charge is 2.51. The summed E-state index contributed by atoms with van der Waals surface area (Å²) in [5, 5.41) is 0. The molecule has 2 fully saturated rings. The first kappa shape index (κ1) is 12.1. The number of nitrogen functional groups attached to an aromatic ring is 1. The molecule has 2 amide bonds. The summed E-state index contributed by atoms with van der Waals surface area (Å²) in [4.78, 5) is 33.8. The molecule has 2 unspecified atom stereocenters. The zero-order valence-electron chi connectivity index (χ0n) is 10.7. The van der Waals surface area contributed by atoms with Gasteiger partial charge in [-0.05, 0) is 18.8 Å². The lowest BCUT2D eigenvalue weighted by Crippen LogP contribution is -2.32. The van der Waals surface area contributed by atoms with E-state index in [9.17, 15) is 9.59 Å². The quantitative estimate of drug-likeness (QED) is 0.786. The number of nitrogens with zero attached hydrogens (tertiary/aromatic N) is 3. The Morgan fingerprint density at radius 1 is 1.21 bits per heavy atom. The van der Waals surface area contributed by atoms with Gasteiger partial charge < -0.3 is 5.73 Å². The molecule has 0 spiro atoms. The molecule has 19 heavy (non-hydrogen) atoms. The fraction of sp³-hybridized carbons (Fsp3) is 0.538. The fourth-order valence-corrected chi connectivity index (χ4v) is 3.11. The van der Waals surface area contributed by atoms with E-state index >= 15 is 0 Å². The third kappa shape index (κ3) is 1.97. The van der Waals surface area contributed by atoms with Gasteiger partial charge in [0.05, 0.1) is 36.5 Å². The van der Waals surface area contributed by atoms with E-state index in [1.54, 1.807) is 0 Å². The monoisotopic (exact) mass is 260 g/mol. The Morgan fingerprint density at radius 3 is 2.37 bits per heavy atom. The first-order chi connectivity index (χ1) is 9.06. The minimum Gasteiger partial charge on any atom is -0.382 e. The summed E-state index contributed by atoms with van der Waals surface area (Å²) in [6.07, 6.45) is 4.58. The van der Waals surface area contributed by atoms with Gasteiger partial charge in [0.1, 0.15) is 5.82 Å². The maximum atomic E-state index is 12.2. The molecule has 2 heterocycles. The van der Waals surface area contributed by atoms with Crippen molar-refractivity contribution < 1.29 is 9.59 Å². The van der Waals surface area contributed by atoms with Crippen LogP contribution in [0.3, 0.4) is 0 Å². The van der Waals surface area contributed by atoms with Crippen molar-refractivity contribution in [1.82, 2.24) is 14.9 Å². The van der Waals surface area contributed by atoms with Crippen molar-refractivity contribution in [3.05, 3.63) is 18.1 Å². The van der Waals surface area contributed by atoms with Crippen molar-refractivity contribution in [2.24, 2.45) is 17.8 Å². The summed E-state index contributed by atoms with van der Waals surface area (Å²) in [6, 6.07) is 0. The number of anilines is 1.